The lowest BCUT2D eigenvalue weighted by Gasteiger charge is -2.34. The summed E-state index contributed by atoms with van der Waals surface area (Å²) in [4.78, 5) is 6.92. The van der Waals surface area contributed by atoms with Gasteiger partial charge in [-0.15, -0.1) is 0 Å². The summed E-state index contributed by atoms with van der Waals surface area (Å²) in [5.74, 6) is 2.53. The van der Waals surface area contributed by atoms with Crippen LogP contribution in [0.1, 0.15) is 39.5 Å². The maximum atomic E-state index is 4.30. The van der Waals surface area contributed by atoms with Crippen LogP contribution in [0, 0.1) is 11.8 Å². The van der Waals surface area contributed by atoms with Crippen molar-refractivity contribution in [3.05, 3.63) is 0 Å². The highest BCUT2D eigenvalue weighted by Gasteiger charge is 2.23. The number of likely N-dealkylation sites (tertiary alicyclic amines) is 1. The molecule has 0 aromatic heterocycles. The van der Waals surface area contributed by atoms with E-state index in [2.05, 4.69) is 34.4 Å². The van der Waals surface area contributed by atoms with Gasteiger partial charge in [-0.3, -0.25) is 4.99 Å². The number of piperidine rings is 1. The Morgan fingerprint density at radius 1 is 1.32 bits per heavy atom. The first kappa shape index (κ1) is 14.6. The molecule has 0 radical (unpaired) electrons. The van der Waals surface area contributed by atoms with E-state index in [0.29, 0.717) is 6.04 Å². The van der Waals surface area contributed by atoms with Gasteiger partial charge in [0.1, 0.15) is 0 Å². The van der Waals surface area contributed by atoms with Gasteiger partial charge in [0, 0.05) is 32.7 Å². The predicted octanol–water partition coefficient (Wildman–Crippen LogP) is 1.68. The Labute approximate surface area is 118 Å². The van der Waals surface area contributed by atoms with Crippen molar-refractivity contribution in [2.45, 2.75) is 45.6 Å². The first-order chi connectivity index (χ1) is 9.17. The fraction of sp³-hybridized carbons (Fsp3) is 0.933. The van der Waals surface area contributed by atoms with Gasteiger partial charge in [-0.25, -0.2) is 0 Å². The summed E-state index contributed by atoms with van der Waals surface area (Å²) in [6.45, 7) is 9.44. The van der Waals surface area contributed by atoms with Crippen LogP contribution in [0.2, 0.25) is 0 Å². The number of hydrogen-bond acceptors (Lipinski definition) is 2. The van der Waals surface area contributed by atoms with E-state index in [-0.39, 0.29) is 0 Å². The predicted molar refractivity (Wildman–Crippen MR) is 81.5 cm³/mol. The standard InChI is InChI=1S/C15H30N4/c1-12(2)10-19-8-4-5-13(11-19)9-17-15(16-3)18-14-6-7-14/h12-14H,4-11H2,1-3H3,(H2,16,17,18). The van der Waals surface area contributed by atoms with E-state index in [9.17, 15) is 0 Å². The van der Waals surface area contributed by atoms with Crippen molar-refractivity contribution < 1.29 is 0 Å². The Hall–Kier alpha value is -0.770. The van der Waals surface area contributed by atoms with Gasteiger partial charge in [-0.05, 0) is 44.1 Å². The molecule has 0 aromatic carbocycles. The van der Waals surface area contributed by atoms with E-state index in [0.717, 1.165) is 24.3 Å². The van der Waals surface area contributed by atoms with Crippen molar-refractivity contribution in [1.29, 1.82) is 0 Å². The zero-order chi connectivity index (χ0) is 13.7. The lowest BCUT2D eigenvalue weighted by atomic mass is 9.97. The second-order valence-electron chi connectivity index (χ2n) is 6.53. The third-order valence-electron chi connectivity index (χ3n) is 3.93. The lowest BCUT2D eigenvalue weighted by Crippen LogP contribution is -2.45. The molecule has 0 bridgehead atoms. The van der Waals surface area contributed by atoms with Crippen LogP contribution >= 0.6 is 0 Å². The van der Waals surface area contributed by atoms with Crippen molar-refractivity contribution in [2.75, 3.05) is 33.2 Å². The fourth-order valence-corrected chi connectivity index (χ4v) is 2.86. The van der Waals surface area contributed by atoms with Crippen LogP contribution in [0.3, 0.4) is 0 Å². The molecule has 1 heterocycles. The highest BCUT2D eigenvalue weighted by Crippen LogP contribution is 2.19. The number of hydrogen-bond donors (Lipinski definition) is 2. The molecule has 1 aliphatic carbocycles. The van der Waals surface area contributed by atoms with Gasteiger partial charge in [0.2, 0.25) is 0 Å². The van der Waals surface area contributed by atoms with Crippen LogP contribution in [0.5, 0.6) is 0 Å². The highest BCUT2D eigenvalue weighted by molar-refractivity contribution is 5.80. The Bertz CT molecular complexity index is 297. The minimum absolute atomic E-state index is 0.676. The molecule has 0 amide bonds. The molecule has 0 aromatic rings. The monoisotopic (exact) mass is 266 g/mol. The molecule has 1 aliphatic heterocycles. The molecule has 2 aliphatic rings. The minimum atomic E-state index is 0.676. The normalized spacial score (nSPS) is 25.7. The van der Waals surface area contributed by atoms with Gasteiger partial charge in [0.25, 0.3) is 0 Å². The molecule has 2 rings (SSSR count). The summed E-state index contributed by atoms with van der Waals surface area (Å²) in [5.41, 5.74) is 0. The second-order valence-corrected chi connectivity index (χ2v) is 6.53. The molecule has 2 fully saturated rings. The van der Waals surface area contributed by atoms with Gasteiger partial charge < -0.3 is 15.5 Å². The largest absolute Gasteiger partial charge is 0.356 e. The smallest absolute Gasteiger partial charge is 0.191 e. The maximum Gasteiger partial charge on any atom is 0.191 e. The summed E-state index contributed by atoms with van der Waals surface area (Å²) < 4.78 is 0. The van der Waals surface area contributed by atoms with Gasteiger partial charge >= 0.3 is 0 Å². The Morgan fingerprint density at radius 2 is 2.11 bits per heavy atom. The highest BCUT2D eigenvalue weighted by atomic mass is 15.2. The zero-order valence-electron chi connectivity index (χ0n) is 12.8. The molecule has 1 saturated heterocycles. The Balaban J connectivity index is 1.69. The lowest BCUT2D eigenvalue weighted by molar-refractivity contribution is 0.159. The summed E-state index contributed by atoms with van der Waals surface area (Å²) >= 11 is 0. The van der Waals surface area contributed by atoms with Crippen molar-refractivity contribution in [3.63, 3.8) is 0 Å². The summed E-state index contributed by atoms with van der Waals surface area (Å²) in [6.07, 6.45) is 5.29. The van der Waals surface area contributed by atoms with Gasteiger partial charge in [0.05, 0.1) is 0 Å². The van der Waals surface area contributed by atoms with Gasteiger partial charge in [-0.1, -0.05) is 13.8 Å². The van der Waals surface area contributed by atoms with E-state index in [1.165, 1.54) is 45.3 Å². The van der Waals surface area contributed by atoms with E-state index in [1.54, 1.807) is 0 Å². The molecule has 2 N–H and O–H groups in total. The van der Waals surface area contributed by atoms with Crippen molar-refractivity contribution in [3.8, 4) is 0 Å². The van der Waals surface area contributed by atoms with Crippen molar-refractivity contribution >= 4 is 5.96 Å². The van der Waals surface area contributed by atoms with Crippen LogP contribution in [0.15, 0.2) is 4.99 Å². The topological polar surface area (TPSA) is 39.7 Å². The van der Waals surface area contributed by atoms with Gasteiger partial charge in [0.15, 0.2) is 5.96 Å². The first-order valence-electron chi connectivity index (χ1n) is 7.87. The molecule has 4 nitrogen and oxygen atoms in total. The van der Waals surface area contributed by atoms with E-state index >= 15 is 0 Å². The van der Waals surface area contributed by atoms with Crippen LogP contribution < -0.4 is 10.6 Å². The third-order valence-corrected chi connectivity index (χ3v) is 3.93. The zero-order valence-corrected chi connectivity index (χ0v) is 12.8. The van der Waals surface area contributed by atoms with Gasteiger partial charge in [-0.2, -0.15) is 0 Å². The molecule has 1 saturated carbocycles. The number of nitrogens with one attached hydrogen (secondary N) is 2. The summed E-state index contributed by atoms with van der Waals surface area (Å²) in [7, 11) is 1.86. The fourth-order valence-electron chi connectivity index (χ4n) is 2.86. The average molecular weight is 266 g/mol. The van der Waals surface area contributed by atoms with E-state index in [4.69, 9.17) is 0 Å². The Morgan fingerprint density at radius 3 is 2.74 bits per heavy atom. The second kappa shape index (κ2) is 7.13. The van der Waals surface area contributed by atoms with Crippen molar-refractivity contribution in [2.24, 2.45) is 16.8 Å². The molecule has 4 heteroatoms. The minimum Gasteiger partial charge on any atom is -0.356 e. The number of nitrogens with zero attached hydrogens (tertiary/aromatic N) is 2. The Kier molecular flexibility index (Phi) is 5.49. The summed E-state index contributed by atoms with van der Waals surface area (Å²) in [5, 5.41) is 6.95. The molecular weight excluding hydrogens is 236 g/mol. The van der Waals surface area contributed by atoms with Crippen LogP contribution in [-0.4, -0.2) is 50.1 Å². The SMILES string of the molecule is CN=C(NCC1CCCN(CC(C)C)C1)NC1CC1. The number of guanidine groups is 1. The quantitative estimate of drug-likeness (QED) is 0.587. The molecule has 1 unspecified atom stereocenters. The van der Waals surface area contributed by atoms with Crippen LogP contribution in [-0.2, 0) is 0 Å². The molecule has 110 valence electrons. The van der Waals surface area contributed by atoms with E-state index in [1.807, 2.05) is 7.05 Å². The third kappa shape index (κ3) is 5.39. The number of aliphatic imine (C=N–C) groups is 1. The average Bonchev–Trinajstić information content (AvgIpc) is 3.18. The summed E-state index contributed by atoms with van der Waals surface area (Å²) in [6, 6.07) is 0.676. The molecule has 1 atom stereocenters. The molecular formula is C15H30N4. The van der Waals surface area contributed by atoms with Crippen molar-refractivity contribution in [1.82, 2.24) is 15.5 Å². The maximum absolute atomic E-state index is 4.30. The first-order valence-corrected chi connectivity index (χ1v) is 7.87. The molecule has 0 spiro atoms. The van der Waals surface area contributed by atoms with E-state index < -0.39 is 0 Å². The number of rotatable bonds is 5. The molecule has 19 heavy (non-hydrogen) atoms. The van der Waals surface area contributed by atoms with Crippen LogP contribution in [0.25, 0.3) is 0 Å². The van der Waals surface area contributed by atoms with Crippen LogP contribution in [0.4, 0.5) is 0 Å².